The first-order valence-electron chi connectivity index (χ1n) is 8.34. The Labute approximate surface area is 128 Å². The van der Waals surface area contributed by atoms with Gasteiger partial charge in [-0.15, -0.1) is 0 Å². The van der Waals surface area contributed by atoms with Crippen LogP contribution in [-0.4, -0.2) is 25.2 Å². The summed E-state index contributed by atoms with van der Waals surface area (Å²) >= 11 is 0. The second kappa shape index (κ2) is 9.06. The molecule has 1 aliphatic rings. The summed E-state index contributed by atoms with van der Waals surface area (Å²) in [6, 6.07) is 0. The van der Waals surface area contributed by atoms with E-state index in [0.717, 1.165) is 25.7 Å². The highest BCUT2D eigenvalue weighted by atomic mass is 16.5. The summed E-state index contributed by atoms with van der Waals surface area (Å²) in [4.78, 5) is 24.8. The third-order valence-corrected chi connectivity index (χ3v) is 4.21. The molecule has 0 saturated heterocycles. The van der Waals surface area contributed by atoms with E-state index in [1.807, 2.05) is 6.92 Å². The molecule has 2 atom stereocenters. The number of hydrogen-bond donors (Lipinski definition) is 0. The van der Waals surface area contributed by atoms with Gasteiger partial charge < -0.3 is 9.47 Å². The van der Waals surface area contributed by atoms with Crippen LogP contribution in [0.25, 0.3) is 0 Å². The van der Waals surface area contributed by atoms with Crippen LogP contribution in [0.2, 0.25) is 0 Å². The van der Waals surface area contributed by atoms with E-state index in [1.54, 1.807) is 6.92 Å². The zero-order chi connectivity index (χ0) is 15.8. The molecule has 0 amide bonds. The Hall–Kier alpha value is -1.06. The lowest BCUT2D eigenvalue weighted by Gasteiger charge is -2.29. The van der Waals surface area contributed by atoms with Crippen LogP contribution < -0.4 is 0 Å². The van der Waals surface area contributed by atoms with Gasteiger partial charge in [0.15, 0.2) is 0 Å². The molecule has 122 valence electrons. The second-order valence-electron chi connectivity index (χ2n) is 6.31. The summed E-state index contributed by atoms with van der Waals surface area (Å²) in [7, 11) is 0. The first-order valence-corrected chi connectivity index (χ1v) is 8.34. The highest BCUT2D eigenvalue weighted by Crippen LogP contribution is 2.38. The summed E-state index contributed by atoms with van der Waals surface area (Å²) in [5.74, 6) is -0.560. The lowest BCUT2D eigenvalue weighted by molar-refractivity contribution is -0.163. The third kappa shape index (κ3) is 5.33. The molecule has 0 aromatic heterocycles. The van der Waals surface area contributed by atoms with Crippen molar-refractivity contribution in [2.24, 2.45) is 23.7 Å². The Morgan fingerprint density at radius 1 is 1.00 bits per heavy atom. The largest absolute Gasteiger partial charge is 0.466 e. The van der Waals surface area contributed by atoms with E-state index in [0.29, 0.717) is 25.6 Å². The van der Waals surface area contributed by atoms with E-state index in [2.05, 4.69) is 13.8 Å². The van der Waals surface area contributed by atoms with Gasteiger partial charge in [0, 0.05) is 0 Å². The Kier molecular flexibility index (Phi) is 7.76. The number of ether oxygens (including phenoxy) is 2. The molecule has 2 unspecified atom stereocenters. The highest BCUT2D eigenvalue weighted by molar-refractivity contribution is 5.82. The van der Waals surface area contributed by atoms with Crippen molar-refractivity contribution in [1.82, 2.24) is 0 Å². The molecule has 1 aliphatic carbocycles. The lowest BCUT2D eigenvalue weighted by Crippen LogP contribution is -2.37. The van der Waals surface area contributed by atoms with Gasteiger partial charge in [-0.25, -0.2) is 0 Å². The SMILES string of the molecule is CCOC(=O)C(CC(C)C)C(C(=O)OCC)C1CCCC1. The summed E-state index contributed by atoms with van der Waals surface area (Å²) < 4.78 is 10.5. The van der Waals surface area contributed by atoms with Gasteiger partial charge >= 0.3 is 11.9 Å². The van der Waals surface area contributed by atoms with Gasteiger partial charge in [0.2, 0.25) is 0 Å². The molecule has 1 fully saturated rings. The van der Waals surface area contributed by atoms with E-state index in [-0.39, 0.29) is 29.7 Å². The smallest absolute Gasteiger partial charge is 0.310 e. The van der Waals surface area contributed by atoms with Crippen molar-refractivity contribution >= 4 is 11.9 Å². The molecule has 0 aromatic carbocycles. The van der Waals surface area contributed by atoms with Gasteiger partial charge in [-0.3, -0.25) is 9.59 Å². The maximum Gasteiger partial charge on any atom is 0.310 e. The van der Waals surface area contributed by atoms with Crippen molar-refractivity contribution in [3.8, 4) is 0 Å². The van der Waals surface area contributed by atoms with Gasteiger partial charge in [0.05, 0.1) is 25.0 Å². The van der Waals surface area contributed by atoms with Gasteiger partial charge in [-0.2, -0.15) is 0 Å². The second-order valence-corrected chi connectivity index (χ2v) is 6.31. The Balaban J connectivity index is 2.96. The van der Waals surface area contributed by atoms with Gasteiger partial charge in [-0.05, 0) is 44.9 Å². The zero-order valence-electron chi connectivity index (χ0n) is 13.9. The van der Waals surface area contributed by atoms with Crippen LogP contribution in [0.15, 0.2) is 0 Å². The maximum atomic E-state index is 12.4. The molecule has 0 spiro atoms. The van der Waals surface area contributed by atoms with Crippen LogP contribution in [0.1, 0.15) is 59.8 Å². The van der Waals surface area contributed by atoms with Crippen LogP contribution in [0.3, 0.4) is 0 Å². The maximum absolute atomic E-state index is 12.4. The predicted octanol–water partition coefficient (Wildman–Crippen LogP) is 3.58. The summed E-state index contributed by atoms with van der Waals surface area (Å²) in [5.41, 5.74) is 0. The molecule has 1 saturated carbocycles. The molecule has 0 N–H and O–H groups in total. The average Bonchev–Trinajstić information content (AvgIpc) is 2.92. The number of hydrogen-bond acceptors (Lipinski definition) is 4. The topological polar surface area (TPSA) is 52.6 Å². The van der Waals surface area contributed by atoms with E-state index in [4.69, 9.17) is 9.47 Å². The molecule has 4 heteroatoms. The Morgan fingerprint density at radius 3 is 2.00 bits per heavy atom. The monoisotopic (exact) mass is 298 g/mol. The average molecular weight is 298 g/mol. The minimum atomic E-state index is -0.368. The molecule has 4 nitrogen and oxygen atoms in total. The van der Waals surface area contributed by atoms with E-state index in [9.17, 15) is 9.59 Å². The van der Waals surface area contributed by atoms with Crippen molar-refractivity contribution < 1.29 is 19.1 Å². The molecular weight excluding hydrogens is 268 g/mol. The number of rotatable bonds is 8. The fraction of sp³-hybridized carbons (Fsp3) is 0.882. The molecule has 0 bridgehead atoms. The minimum Gasteiger partial charge on any atom is -0.466 e. The van der Waals surface area contributed by atoms with Crippen molar-refractivity contribution in [2.45, 2.75) is 59.8 Å². The quantitative estimate of drug-likeness (QED) is 0.643. The van der Waals surface area contributed by atoms with Crippen molar-refractivity contribution in [3.05, 3.63) is 0 Å². The van der Waals surface area contributed by atoms with Gasteiger partial charge in [-0.1, -0.05) is 26.7 Å². The van der Waals surface area contributed by atoms with Crippen LogP contribution in [0.5, 0.6) is 0 Å². The molecular formula is C17H30O4. The van der Waals surface area contributed by atoms with Crippen molar-refractivity contribution in [1.29, 1.82) is 0 Å². The normalized spacial score (nSPS) is 18.5. The molecule has 0 aliphatic heterocycles. The van der Waals surface area contributed by atoms with Crippen LogP contribution in [-0.2, 0) is 19.1 Å². The molecule has 0 heterocycles. The standard InChI is InChI=1S/C17H30O4/c1-5-20-16(18)14(11-12(3)4)15(17(19)21-6-2)13-9-7-8-10-13/h12-15H,5-11H2,1-4H3. The number of carbonyl (C=O) groups excluding carboxylic acids is 2. The molecule has 0 aromatic rings. The Bertz CT molecular complexity index is 332. The lowest BCUT2D eigenvalue weighted by atomic mass is 9.76. The molecule has 0 radical (unpaired) electrons. The van der Waals surface area contributed by atoms with Gasteiger partial charge in [0.25, 0.3) is 0 Å². The van der Waals surface area contributed by atoms with Gasteiger partial charge in [0.1, 0.15) is 0 Å². The third-order valence-electron chi connectivity index (χ3n) is 4.21. The fourth-order valence-corrected chi connectivity index (χ4v) is 3.39. The summed E-state index contributed by atoms with van der Waals surface area (Å²) in [5, 5.41) is 0. The van der Waals surface area contributed by atoms with Crippen LogP contribution >= 0.6 is 0 Å². The summed E-state index contributed by atoms with van der Waals surface area (Å²) in [6.07, 6.45) is 4.98. The summed E-state index contributed by atoms with van der Waals surface area (Å²) in [6.45, 7) is 8.48. The van der Waals surface area contributed by atoms with Crippen LogP contribution in [0, 0.1) is 23.7 Å². The van der Waals surface area contributed by atoms with E-state index in [1.165, 1.54) is 0 Å². The fourth-order valence-electron chi connectivity index (χ4n) is 3.39. The van der Waals surface area contributed by atoms with Crippen molar-refractivity contribution in [2.75, 3.05) is 13.2 Å². The minimum absolute atomic E-state index is 0.219. The first-order chi connectivity index (χ1) is 10.0. The van der Waals surface area contributed by atoms with E-state index >= 15 is 0 Å². The molecule has 21 heavy (non-hydrogen) atoms. The molecule has 1 rings (SSSR count). The predicted molar refractivity (Wildman–Crippen MR) is 81.7 cm³/mol. The zero-order valence-corrected chi connectivity index (χ0v) is 13.9. The van der Waals surface area contributed by atoms with E-state index < -0.39 is 0 Å². The Morgan fingerprint density at radius 2 is 1.52 bits per heavy atom. The first kappa shape index (κ1) is 18.0. The number of carbonyl (C=O) groups is 2. The number of esters is 2. The van der Waals surface area contributed by atoms with Crippen LogP contribution in [0.4, 0.5) is 0 Å². The van der Waals surface area contributed by atoms with Crippen molar-refractivity contribution in [3.63, 3.8) is 0 Å². The highest BCUT2D eigenvalue weighted by Gasteiger charge is 2.42.